The minimum atomic E-state index is -4.71. The van der Waals surface area contributed by atoms with E-state index in [0.29, 0.717) is 83.7 Å². The quantitative estimate of drug-likeness (QED) is 0.0458. The summed E-state index contributed by atoms with van der Waals surface area (Å²) in [6.45, 7) is 10.9. The Morgan fingerprint density at radius 2 is 1.18 bits per heavy atom. The minimum Gasteiger partial charge on any atom is -0.478 e. The third-order valence-corrected chi connectivity index (χ3v) is 17.1. The van der Waals surface area contributed by atoms with Crippen LogP contribution in [0.4, 0.5) is 22.7 Å². The molecule has 0 aliphatic carbocycles. The summed E-state index contributed by atoms with van der Waals surface area (Å²) in [5.41, 5.74) is 3.93. The molecule has 0 saturated heterocycles. The van der Waals surface area contributed by atoms with E-state index >= 15 is 0 Å². The lowest BCUT2D eigenvalue weighted by Crippen LogP contribution is -2.28. The predicted molar refractivity (Wildman–Crippen MR) is 283 cm³/mol. The number of benzene rings is 7. The van der Waals surface area contributed by atoms with Crippen LogP contribution in [0, 0.1) is 13.8 Å². The van der Waals surface area contributed by atoms with Gasteiger partial charge in [-0.05, 0) is 151 Å². The normalized spacial score (nSPS) is 16.4. The van der Waals surface area contributed by atoms with Crippen molar-refractivity contribution in [1.29, 1.82) is 0 Å². The second-order valence-electron chi connectivity index (χ2n) is 19.2. The minimum absolute atomic E-state index is 0.00258. The molecule has 7 aromatic carbocycles. The number of rotatable bonds is 11. The van der Waals surface area contributed by atoms with E-state index in [4.69, 9.17) is 0 Å². The fourth-order valence-corrected chi connectivity index (χ4v) is 12.7. The molecule has 9 rings (SSSR count). The first-order chi connectivity index (χ1) is 34.4. The van der Waals surface area contributed by atoms with Gasteiger partial charge in [0.1, 0.15) is 9.79 Å². The molecule has 0 atom stereocenters. The third kappa shape index (κ3) is 9.06. The maximum absolute atomic E-state index is 12.8. The van der Waals surface area contributed by atoms with Crippen LogP contribution in [0.3, 0.4) is 0 Å². The Balaban J connectivity index is 1.33. The van der Waals surface area contributed by atoms with E-state index < -0.39 is 67.1 Å². The first-order valence-corrected chi connectivity index (χ1v) is 28.3. The predicted octanol–water partition coefficient (Wildman–Crippen LogP) is 10.5. The van der Waals surface area contributed by atoms with Gasteiger partial charge in [0.05, 0.1) is 26.5 Å². The van der Waals surface area contributed by atoms with Crippen molar-refractivity contribution in [3.05, 3.63) is 185 Å². The largest absolute Gasteiger partial charge is 0.478 e. The first-order valence-electron chi connectivity index (χ1n) is 22.6. The molecule has 0 unspecified atom stereocenters. The van der Waals surface area contributed by atoms with Crippen LogP contribution in [0.15, 0.2) is 171 Å². The lowest BCUT2D eigenvalue weighted by atomic mass is 9.78. The number of carboxylic acid groups (broad SMARTS) is 1. The lowest BCUT2D eigenvalue weighted by Gasteiger charge is -2.27. The van der Waals surface area contributed by atoms with Gasteiger partial charge < -0.3 is 10.0 Å². The molecule has 2 heterocycles. The van der Waals surface area contributed by atoms with E-state index in [0.717, 1.165) is 0 Å². The second kappa shape index (κ2) is 17.8. The van der Waals surface area contributed by atoms with Crippen molar-refractivity contribution < 1.29 is 61.8 Å². The molecule has 2 aliphatic rings. The zero-order valence-corrected chi connectivity index (χ0v) is 43.6. The average molecular weight is 1080 g/mol. The summed E-state index contributed by atoms with van der Waals surface area (Å²) in [6.07, 6.45) is 7.05. The first kappa shape index (κ1) is 51.7. The number of fused-ring (bicyclic) bond motifs is 6. The highest BCUT2D eigenvalue weighted by molar-refractivity contribution is 7.86. The summed E-state index contributed by atoms with van der Waals surface area (Å²) in [6, 6.07) is 30.0. The summed E-state index contributed by atoms with van der Waals surface area (Å²) in [7, 11) is -18.8. The lowest BCUT2D eigenvalue weighted by molar-refractivity contribution is 0.0696. The van der Waals surface area contributed by atoms with Crippen LogP contribution in [0.5, 0.6) is 0 Å². The van der Waals surface area contributed by atoms with Gasteiger partial charge in [-0.1, -0.05) is 56.3 Å². The van der Waals surface area contributed by atoms with Gasteiger partial charge in [0.2, 0.25) is 11.4 Å². The number of hydrogen-bond acceptors (Lipinski definition) is 10. The van der Waals surface area contributed by atoms with Crippen LogP contribution < -0.4 is 9.48 Å². The molecule has 0 spiro atoms. The highest BCUT2D eigenvalue weighted by Crippen LogP contribution is 2.55. The Hall–Kier alpha value is -7.14. The Morgan fingerprint density at radius 3 is 1.80 bits per heavy atom. The Labute approximate surface area is 427 Å². The number of aromatic carboxylic acids is 1. The summed E-state index contributed by atoms with van der Waals surface area (Å²) in [5, 5.41) is 11.7. The van der Waals surface area contributed by atoms with Gasteiger partial charge >= 0.3 is 5.97 Å². The molecule has 20 heteroatoms. The molecule has 0 saturated carbocycles. The number of anilines is 2. The number of hydrogen-bond donors (Lipinski definition) is 5. The van der Waals surface area contributed by atoms with Crippen LogP contribution >= 0.6 is 0 Å². The van der Waals surface area contributed by atoms with E-state index in [1.807, 2.05) is 33.8 Å². The highest BCUT2D eigenvalue weighted by atomic mass is 32.2. The van der Waals surface area contributed by atoms with Crippen LogP contribution in [0.2, 0.25) is 0 Å². The van der Waals surface area contributed by atoms with Gasteiger partial charge in [0.25, 0.3) is 40.5 Å². The van der Waals surface area contributed by atoms with Crippen LogP contribution in [-0.4, -0.2) is 68.7 Å². The smallest absolute Gasteiger partial charge is 0.335 e. The summed E-state index contributed by atoms with van der Waals surface area (Å²) in [5.74, 6) is -1.17. The van der Waals surface area contributed by atoms with Gasteiger partial charge in [-0.25, -0.2) is 4.79 Å². The van der Waals surface area contributed by atoms with Gasteiger partial charge in [0.15, 0.2) is 5.71 Å². The molecule has 0 bridgehead atoms. The van der Waals surface area contributed by atoms with Crippen molar-refractivity contribution in [2.75, 3.05) is 4.90 Å². The molecule has 0 amide bonds. The Kier molecular flexibility index (Phi) is 12.4. The fraction of sp³-hybridized carbons (Fsp3) is 0.148. The topological polar surface area (TPSA) is 261 Å². The van der Waals surface area contributed by atoms with Crippen LogP contribution in [0.1, 0.15) is 65.9 Å². The van der Waals surface area contributed by atoms with Crippen molar-refractivity contribution in [3.8, 4) is 0 Å². The molecule has 0 radical (unpaired) electrons. The Bertz CT molecular complexity index is 4230. The van der Waals surface area contributed by atoms with Gasteiger partial charge in [-0.15, -0.1) is 0 Å². The third-order valence-electron chi connectivity index (χ3n) is 13.6. The van der Waals surface area contributed by atoms with Crippen molar-refractivity contribution in [1.82, 2.24) is 4.58 Å². The zero-order valence-electron chi connectivity index (χ0n) is 40.3. The highest BCUT2D eigenvalue weighted by Gasteiger charge is 2.47. The second-order valence-corrected chi connectivity index (χ2v) is 24.9. The number of nitrogens with zero attached hydrogens (tertiary/aromatic N) is 2. The fourth-order valence-electron chi connectivity index (χ4n) is 10.3. The van der Waals surface area contributed by atoms with Crippen molar-refractivity contribution in [3.63, 3.8) is 0 Å². The summed E-state index contributed by atoms with van der Waals surface area (Å²) >= 11 is 0. The molecule has 2 aliphatic heterocycles. The van der Waals surface area contributed by atoms with E-state index in [1.165, 1.54) is 66.7 Å². The molecular weight excluding hydrogens is 1030 g/mol. The maximum atomic E-state index is 12.8. The molecule has 0 aromatic heterocycles. The number of allylic oxidation sites excluding steroid dienone is 6. The van der Waals surface area contributed by atoms with Crippen molar-refractivity contribution in [2.45, 2.75) is 72.0 Å². The molecule has 5 N–H and O–H groups in total. The van der Waals surface area contributed by atoms with Crippen molar-refractivity contribution >= 4 is 102 Å². The summed E-state index contributed by atoms with van der Waals surface area (Å²) < 4.78 is 144. The van der Waals surface area contributed by atoms with Crippen LogP contribution in [-0.2, 0) is 51.3 Å². The van der Waals surface area contributed by atoms with Gasteiger partial charge in [-0.2, -0.15) is 38.2 Å². The Morgan fingerprint density at radius 1 is 0.581 bits per heavy atom. The van der Waals surface area contributed by atoms with Crippen molar-refractivity contribution in [2.24, 2.45) is 0 Å². The molecule has 16 nitrogen and oxygen atoms in total. The molecular formula is C54H47N2O14S4+. The van der Waals surface area contributed by atoms with Gasteiger partial charge in [-0.3, -0.25) is 18.2 Å². The van der Waals surface area contributed by atoms with E-state index in [-0.39, 0.29) is 20.7 Å². The van der Waals surface area contributed by atoms with Gasteiger partial charge in [0, 0.05) is 52.0 Å². The monoisotopic (exact) mass is 1080 g/mol. The van der Waals surface area contributed by atoms with E-state index in [9.17, 15) is 61.8 Å². The molecule has 0 fully saturated rings. The zero-order chi connectivity index (χ0) is 53.8. The molecule has 7 aromatic rings. The average Bonchev–Trinajstić information content (AvgIpc) is 3.69. The molecule has 380 valence electrons. The number of carbonyl (C=O) groups is 1. The standard InChI is InChI=1S/C54H46N2O14S4/c1-31-25-43-42(47(26-31)74(68,69)70)20-22-46-50(43)53(3,4)48(56(46)37-10-8-12-39(29-37)72(62,63)64)23-17-34(33-13-15-35(16-14-33)52(57)58)18-24-49-54(5,6)51-44-30-40(73(65,66)67)27-32(2)41(44)19-21-45(51)55(49)36-9-7-11-38(28-36)71(59,60)61/h7-30H,1-6H3,(H4-,57,58,59,60,61,62,63,64,65,66,67,68,69,70)/p+1. The number of carboxylic acids is 1. The van der Waals surface area contributed by atoms with E-state index in [1.54, 1.807) is 96.2 Å². The number of aryl methyl sites for hydroxylation is 2. The van der Waals surface area contributed by atoms with Crippen LogP contribution in [0.25, 0.3) is 27.1 Å². The SMILES string of the molecule is Cc1cc(S(=O)(=O)O)c2ccc3c(c2c1)C(C)(C)\C(=C/C=C(/C=C/C1=[N+](c2cccc(S(=O)(=O)O)c2)c2ccc4c(C)cc(S(=O)(=O)O)cc4c2C1(C)C)c1ccc(C(=O)O)cc1)N3c1cccc(S(=O)(=O)O)c1. The molecule has 74 heavy (non-hydrogen) atoms. The maximum Gasteiger partial charge on any atom is 0.335 e. The summed E-state index contributed by atoms with van der Waals surface area (Å²) in [4.78, 5) is 12.4. The van der Waals surface area contributed by atoms with E-state index in [2.05, 4.69) is 0 Å².